The third-order valence-corrected chi connectivity index (χ3v) is 4.20. The van der Waals surface area contributed by atoms with Gasteiger partial charge in [-0.3, -0.25) is 4.79 Å². The Morgan fingerprint density at radius 1 is 1.33 bits per heavy atom. The summed E-state index contributed by atoms with van der Waals surface area (Å²) in [6.45, 7) is 17.6. The fourth-order valence-electron chi connectivity index (χ4n) is 3.05. The van der Waals surface area contributed by atoms with Crippen LogP contribution >= 0.6 is 0 Å². The molecule has 2 nitrogen and oxygen atoms in total. The molecule has 0 aromatic rings. The molecule has 1 heterocycles. The molecule has 0 radical (unpaired) electrons. The number of hydrogen-bond donors (Lipinski definition) is 0. The average Bonchev–Trinajstić information content (AvgIpc) is 2.80. The van der Waals surface area contributed by atoms with Crippen LogP contribution < -0.4 is 0 Å². The zero-order chi connectivity index (χ0) is 14.1. The van der Waals surface area contributed by atoms with Gasteiger partial charge in [-0.05, 0) is 36.0 Å². The van der Waals surface area contributed by atoms with Gasteiger partial charge in [0.15, 0.2) is 0 Å². The van der Waals surface area contributed by atoms with E-state index in [0.29, 0.717) is 16.7 Å². The molecule has 1 aliphatic rings. The molecule has 0 aromatic heterocycles. The summed E-state index contributed by atoms with van der Waals surface area (Å²) < 4.78 is 0. The van der Waals surface area contributed by atoms with Crippen molar-refractivity contribution in [2.24, 2.45) is 16.7 Å². The van der Waals surface area contributed by atoms with Crippen molar-refractivity contribution in [1.82, 2.24) is 4.90 Å². The topological polar surface area (TPSA) is 20.1 Å². The van der Waals surface area contributed by atoms with Gasteiger partial charge in [0.2, 0.25) is 5.91 Å². The first-order valence-electron chi connectivity index (χ1n) is 7.03. The van der Waals surface area contributed by atoms with E-state index < -0.39 is 0 Å². The molecular formula is C16H29NO. The van der Waals surface area contributed by atoms with Crippen LogP contribution in [-0.4, -0.2) is 16.8 Å². The monoisotopic (exact) mass is 251 g/mol. The highest BCUT2D eigenvalue weighted by molar-refractivity contribution is 5.97. The van der Waals surface area contributed by atoms with Crippen LogP contribution in [0.3, 0.4) is 0 Å². The molecule has 0 spiro atoms. The summed E-state index contributed by atoms with van der Waals surface area (Å²) in [5.41, 5.74) is 0.690. The number of hydrogen-bond acceptors (Lipinski definition) is 1. The van der Waals surface area contributed by atoms with Crippen LogP contribution in [-0.2, 0) is 4.79 Å². The van der Waals surface area contributed by atoms with Crippen molar-refractivity contribution >= 4 is 5.91 Å². The number of amides is 1. The SMILES string of the molecule is C=CN1C(=O)C1CCC(C)C(C)(C)CC(C)(C)C. The van der Waals surface area contributed by atoms with E-state index in [0.717, 1.165) is 12.8 Å². The summed E-state index contributed by atoms with van der Waals surface area (Å²) in [5.74, 6) is 0.877. The molecule has 0 aromatic carbocycles. The van der Waals surface area contributed by atoms with Gasteiger partial charge in [-0.25, -0.2) is 0 Å². The van der Waals surface area contributed by atoms with Gasteiger partial charge in [-0.1, -0.05) is 48.1 Å². The van der Waals surface area contributed by atoms with Crippen molar-refractivity contribution in [1.29, 1.82) is 0 Å². The van der Waals surface area contributed by atoms with Crippen LogP contribution in [0, 0.1) is 16.7 Å². The Bertz CT molecular complexity index is 324. The Hall–Kier alpha value is -0.790. The molecular weight excluding hydrogens is 222 g/mol. The lowest BCUT2D eigenvalue weighted by Crippen LogP contribution is -2.27. The van der Waals surface area contributed by atoms with E-state index in [2.05, 4.69) is 48.1 Å². The second kappa shape index (κ2) is 5.07. The van der Waals surface area contributed by atoms with Crippen LogP contribution in [0.5, 0.6) is 0 Å². The lowest BCUT2D eigenvalue weighted by molar-refractivity contribution is -0.113. The van der Waals surface area contributed by atoms with Gasteiger partial charge in [-0.2, -0.15) is 0 Å². The van der Waals surface area contributed by atoms with Gasteiger partial charge >= 0.3 is 0 Å². The summed E-state index contributed by atoms with van der Waals surface area (Å²) in [4.78, 5) is 13.1. The molecule has 2 atom stereocenters. The maximum absolute atomic E-state index is 11.4. The molecule has 2 unspecified atom stereocenters. The number of carbonyl (C=O) groups is 1. The largest absolute Gasteiger partial charge is 0.305 e. The van der Waals surface area contributed by atoms with Gasteiger partial charge in [0.1, 0.15) is 6.04 Å². The van der Waals surface area contributed by atoms with E-state index in [1.54, 1.807) is 11.1 Å². The van der Waals surface area contributed by atoms with Crippen molar-refractivity contribution in [3.05, 3.63) is 12.8 Å². The molecule has 1 rings (SSSR count). The van der Waals surface area contributed by atoms with Gasteiger partial charge in [0, 0.05) is 6.20 Å². The predicted octanol–water partition coefficient (Wildman–Crippen LogP) is 4.22. The summed E-state index contributed by atoms with van der Waals surface area (Å²) in [6, 6.07) is 0.121. The van der Waals surface area contributed by atoms with Gasteiger partial charge < -0.3 is 4.90 Å². The van der Waals surface area contributed by atoms with E-state index in [1.807, 2.05) is 0 Å². The summed E-state index contributed by atoms with van der Waals surface area (Å²) in [5, 5.41) is 0. The lowest BCUT2D eigenvalue weighted by Gasteiger charge is -2.37. The molecule has 0 aliphatic carbocycles. The molecule has 1 saturated heterocycles. The second-order valence-corrected chi connectivity index (χ2v) is 7.65. The second-order valence-electron chi connectivity index (χ2n) is 7.65. The zero-order valence-corrected chi connectivity index (χ0v) is 12.9. The van der Waals surface area contributed by atoms with Crippen LogP contribution in [0.4, 0.5) is 0 Å². The molecule has 0 saturated carbocycles. The number of carbonyl (C=O) groups excluding carboxylic acids is 1. The van der Waals surface area contributed by atoms with E-state index in [-0.39, 0.29) is 11.9 Å². The molecule has 104 valence electrons. The number of rotatable bonds is 6. The molecule has 1 amide bonds. The molecule has 18 heavy (non-hydrogen) atoms. The zero-order valence-electron chi connectivity index (χ0n) is 12.9. The standard InChI is InChI=1S/C16H29NO/c1-8-17-13(14(17)18)10-9-12(2)16(6,7)11-15(3,4)5/h8,12-13H,1,9-11H2,2-7H3. The van der Waals surface area contributed by atoms with Crippen LogP contribution in [0.1, 0.15) is 60.8 Å². The summed E-state index contributed by atoms with van der Waals surface area (Å²) in [6.07, 6.45) is 4.95. The Kier molecular flexibility index (Phi) is 4.30. The fraction of sp³-hybridized carbons (Fsp3) is 0.812. The molecule has 0 bridgehead atoms. The van der Waals surface area contributed by atoms with Crippen molar-refractivity contribution in [3.63, 3.8) is 0 Å². The van der Waals surface area contributed by atoms with Crippen molar-refractivity contribution in [2.75, 3.05) is 0 Å². The summed E-state index contributed by atoms with van der Waals surface area (Å²) >= 11 is 0. The average molecular weight is 251 g/mol. The van der Waals surface area contributed by atoms with E-state index in [1.165, 1.54) is 6.42 Å². The first kappa shape index (κ1) is 15.3. The Morgan fingerprint density at radius 2 is 1.89 bits per heavy atom. The Labute approximate surface area is 112 Å². The van der Waals surface area contributed by atoms with Crippen LogP contribution in [0.15, 0.2) is 12.8 Å². The number of nitrogens with zero attached hydrogens (tertiary/aromatic N) is 1. The Balaban J connectivity index is 2.43. The first-order valence-corrected chi connectivity index (χ1v) is 7.03. The van der Waals surface area contributed by atoms with E-state index in [9.17, 15) is 4.79 Å². The minimum atomic E-state index is 0.121. The third kappa shape index (κ3) is 3.86. The lowest BCUT2D eigenvalue weighted by atomic mass is 9.68. The smallest absolute Gasteiger partial charge is 0.250 e. The van der Waals surface area contributed by atoms with E-state index >= 15 is 0 Å². The highest BCUT2D eigenvalue weighted by Crippen LogP contribution is 2.41. The Morgan fingerprint density at radius 3 is 2.28 bits per heavy atom. The van der Waals surface area contributed by atoms with Crippen LogP contribution in [0.25, 0.3) is 0 Å². The highest BCUT2D eigenvalue weighted by Gasteiger charge is 2.44. The maximum Gasteiger partial charge on any atom is 0.250 e. The molecule has 0 N–H and O–H groups in total. The quantitative estimate of drug-likeness (QED) is 0.647. The van der Waals surface area contributed by atoms with Gasteiger partial charge in [0.25, 0.3) is 0 Å². The van der Waals surface area contributed by atoms with Gasteiger partial charge in [-0.15, -0.1) is 0 Å². The predicted molar refractivity (Wildman–Crippen MR) is 77.1 cm³/mol. The van der Waals surface area contributed by atoms with Crippen LogP contribution in [0.2, 0.25) is 0 Å². The minimum Gasteiger partial charge on any atom is -0.305 e. The van der Waals surface area contributed by atoms with Crippen molar-refractivity contribution in [2.45, 2.75) is 66.8 Å². The molecule has 1 aliphatic heterocycles. The highest BCUT2D eigenvalue weighted by atomic mass is 16.2. The fourth-order valence-corrected chi connectivity index (χ4v) is 3.05. The van der Waals surface area contributed by atoms with Crippen molar-refractivity contribution < 1.29 is 4.79 Å². The van der Waals surface area contributed by atoms with E-state index in [4.69, 9.17) is 0 Å². The maximum atomic E-state index is 11.4. The summed E-state index contributed by atoms with van der Waals surface area (Å²) in [7, 11) is 0. The first-order chi connectivity index (χ1) is 8.08. The van der Waals surface area contributed by atoms with Gasteiger partial charge in [0.05, 0.1) is 0 Å². The molecule has 2 heteroatoms. The minimum absolute atomic E-state index is 0.121. The third-order valence-electron chi connectivity index (χ3n) is 4.20. The normalized spacial score (nSPS) is 22.0. The van der Waals surface area contributed by atoms with Crippen molar-refractivity contribution in [3.8, 4) is 0 Å². The molecule has 1 fully saturated rings.